The second-order valence-corrected chi connectivity index (χ2v) is 8.78. The Kier molecular flexibility index (Phi) is 6.85. The van der Waals surface area contributed by atoms with Crippen molar-refractivity contribution in [2.75, 3.05) is 33.5 Å². The smallest absolute Gasteiger partial charge is 0.407 e. The highest BCUT2D eigenvalue weighted by Gasteiger charge is 2.41. The van der Waals surface area contributed by atoms with E-state index in [1.165, 1.54) is 14.0 Å². The number of alkyl carbamates (subject to hydrolysis) is 1. The molecular formula is C25H28N2O7. The van der Waals surface area contributed by atoms with Crippen molar-refractivity contribution in [3.05, 3.63) is 59.7 Å². The van der Waals surface area contributed by atoms with Crippen molar-refractivity contribution in [2.24, 2.45) is 5.92 Å². The molecular weight excluding hydrogens is 440 g/mol. The zero-order valence-electron chi connectivity index (χ0n) is 19.1. The molecule has 2 aliphatic rings. The van der Waals surface area contributed by atoms with Gasteiger partial charge >= 0.3 is 12.1 Å². The third-order valence-corrected chi connectivity index (χ3v) is 6.37. The molecule has 34 heavy (non-hydrogen) atoms. The summed E-state index contributed by atoms with van der Waals surface area (Å²) < 4.78 is 15.9. The molecule has 4 rings (SSSR count). The van der Waals surface area contributed by atoms with Crippen LogP contribution in [0.5, 0.6) is 0 Å². The fourth-order valence-corrected chi connectivity index (χ4v) is 4.55. The van der Waals surface area contributed by atoms with Crippen LogP contribution in [0, 0.1) is 5.92 Å². The van der Waals surface area contributed by atoms with Crippen LogP contribution >= 0.6 is 0 Å². The maximum atomic E-state index is 12.8. The average molecular weight is 469 g/mol. The van der Waals surface area contributed by atoms with E-state index in [4.69, 9.17) is 14.2 Å². The Morgan fingerprint density at radius 3 is 2.26 bits per heavy atom. The lowest BCUT2D eigenvalue weighted by molar-refractivity contribution is -0.150. The molecule has 9 heteroatoms. The molecule has 1 saturated heterocycles. The van der Waals surface area contributed by atoms with Crippen LogP contribution in [0.2, 0.25) is 0 Å². The summed E-state index contributed by atoms with van der Waals surface area (Å²) in [5.74, 6) is -2.59. The van der Waals surface area contributed by atoms with Gasteiger partial charge in [-0.1, -0.05) is 48.5 Å². The molecule has 3 unspecified atom stereocenters. The molecule has 2 aromatic carbocycles. The monoisotopic (exact) mass is 468 g/mol. The van der Waals surface area contributed by atoms with Crippen molar-refractivity contribution >= 4 is 18.0 Å². The highest BCUT2D eigenvalue weighted by atomic mass is 16.5. The minimum Gasteiger partial charge on any atom is -0.479 e. The first-order chi connectivity index (χ1) is 16.3. The number of methoxy groups -OCH3 is 1. The zero-order valence-corrected chi connectivity index (χ0v) is 19.1. The largest absolute Gasteiger partial charge is 0.479 e. The summed E-state index contributed by atoms with van der Waals surface area (Å²) in [6, 6.07) is 15.4. The predicted molar refractivity (Wildman–Crippen MR) is 122 cm³/mol. The van der Waals surface area contributed by atoms with E-state index < -0.39 is 35.5 Å². The number of carboxylic acids is 1. The number of aliphatic carboxylic acids is 1. The van der Waals surface area contributed by atoms with Gasteiger partial charge in [-0.25, -0.2) is 9.59 Å². The standard InChI is InChI=1S/C25H28N2O7/c1-25(14-32-2,23(29)30)27-22(28)20-11-33-13-21(20)26-24(31)34-12-19-17-9-5-3-7-15(17)16-8-4-6-10-18(16)19/h3-10,19-21H,11-14H2,1-2H3,(H,26,31)(H,27,28)(H,29,30). The molecule has 3 atom stereocenters. The number of carbonyl (C=O) groups is 3. The first-order valence-electron chi connectivity index (χ1n) is 11.1. The van der Waals surface area contributed by atoms with Crippen LogP contribution in [0.15, 0.2) is 48.5 Å². The molecule has 1 aliphatic heterocycles. The van der Waals surface area contributed by atoms with Gasteiger partial charge in [0.25, 0.3) is 0 Å². The number of carbonyl (C=O) groups excluding carboxylic acids is 2. The number of ether oxygens (including phenoxy) is 3. The summed E-state index contributed by atoms with van der Waals surface area (Å²) in [5.41, 5.74) is 2.87. The fraction of sp³-hybridized carbons (Fsp3) is 0.400. The number of rotatable bonds is 8. The molecule has 0 radical (unpaired) electrons. The summed E-state index contributed by atoms with van der Waals surface area (Å²) in [6.45, 7) is 1.49. The van der Waals surface area contributed by atoms with E-state index in [-0.39, 0.29) is 32.3 Å². The van der Waals surface area contributed by atoms with E-state index in [0.29, 0.717) is 0 Å². The molecule has 0 saturated carbocycles. The number of hydrogen-bond acceptors (Lipinski definition) is 6. The molecule has 2 aromatic rings. The SMILES string of the molecule is COCC(C)(NC(=O)C1COCC1NC(=O)OCC1c2ccccc2-c2ccccc21)C(=O)O. The van der Waals surface area contributed by atoms with Crippen LogP contribution in [-0.2, 0) is 23.8 Å². The van der Waals surface area contributed by atoms with Gasteiger partial charge in [0, 0.05) is 13.0 Å². The summed E-state index contributed by atoms with van der Waals surface area (Å²) in [6.07, 6.45) is -0.659. The van der Waals surface area contributed by atoms with E-state index in [1.807, 2.05) is 36.4 Å². The highest BCUT2D eigenvalue weighted by molar-refractivity contribution is 5.88. The quantitative estimate of drug-likeness (QED) is 0.542. The number of nitrogens with one attached hydrogen (secondary N) is 2. The van der Waals surface area contributed by atoms with Crippen molar-refractivity contribution < 1.29 is 33.7 Å². The Hall–Kier alpha value is -3.43. The molecule has 3 N–H and O–H groups in total. The van der Waals surface area contributed by atoms with Gasteiger partial charge in [0.15, 0.2) is 5.54 Å². The molecule has 1 aliphatic carbocycles. The Morgan fingerprint density at radius 1 is 1.06 bits per heavy atom. The van der Waals surface area contributed by atoms with Gasteiger partial charge < -0.3 is 30.0 Å². The van der Waals surface area contributed by atoms with Crippen molar-refractivity contribution in [1.82, 2.24) is 10.6 Å². The third kappa shape index (κ3) is 4.62. The first kappa shape index (κ1) is 23.7. The van der Waals surface area contributed by atoms with Crippen molar-refractivity contribution in [3.8, 4) is 11.1 Å². The molecule has 2 amide bonds. The molecule has 180 valence electrons. The lowest BCUT2D eigenvalue weighted by atomic mass is 9.98. The number of benzene rings is 2. The van der Waals surface area contributed by atoms with Gasteiger partial charge in [0.1, 0.15) is 6.61 Å². The second kappa shape index (κ2) is 9.82. The first-order valence-corrected chi connectivity index (χ1v) is 11.1. The highest BCUT2D eigenvalue weighted by Crippen LogP contribution is 2.44. The van der Waals surface area contributed by atoms with E-state index >= 15 is 0 Å². The second-order valence-electron chi connectivity index (χ2n) is 8.78. The minimum absolute atomic E-state index is 0.0584. The maximum Gasteiger partial charge on any atom is 0.407 e. The summed E-state index contributed by atoms with van der Waals surface area (Å²) >= 11 is 0. The summed E-state index contributed by atoms with van der Waals surface area (Å²) in [7, 11) is 1.35. The van der Waals surface area contributed by atoms with Gasteiger partial charge in [-0.15, -0.1) is 0 Å². The molecule has 1 heterocycles. The van der Waals surface area contributed by atoms with Gasteiger partial charge in [0.05, 0.1) is 31.8 Å². The van der Waals surface area contributed by atoms with Crippen LogP contribution in [0.4, 0.5) is 4.79 Å². The fourth-order valence-electron chi connectivity index (χ4n) is 4.55. The van der Waals surface area contributed by atoms with Gasteiger partial charge in [0.2, 0.25) is 5.91 Å². The minimum atomic E-state index is -1.59. The topological polar surface area (TPSA) is 123 Å². The van der Waals surface area contributed by atoms with Crippen molar-refractivity contribution in [1.29, 1.82) is 0 Å². The predicted octanol–water partition coefficient (Wildman–Crippen LogP) is 2.15. The lowest BCUT2D eigenvalue weighted by Crippen LogP contribution is -2.58. The zero-order chi connectivity index (χ0) is 24.3. The Morgan fingerprint density at radius 2 is 1.68 bits per heavy atom. The van der Waals surface area contributed by atoms with E-state index in [9.17, 15) is 19.5 Å². The Balaban J connectivity index is 1.38. The van der Waals surface area contributed by atoms with Crippen LogP contribution in [0.1, 0.15) is 24.0 Å². The maximum absolute atomic E-state index is 12.8. The Labute approximate surface area is 197 Å². The van der Waals surface area contributed by atoms with Gasteiger partial charge in [-0.05, 0) is 29.2 Å². The summed E-state index contributed by atoms with van der Waals surface area (Å²) in [4.78, 5) is 37.0. The number of hydrogen-bond donors (Lipinski definition) is 3. The molecule has 9 nitrogen and oxygen atoms in total. The Bertz CT molecular complexity index is 1040. The van der Waals surface area contributed by atoms with E-state index in [1.54, 1.807) is 0 Å². The van der Waals surface area contributed by atoms with Crippen molar-refractivity contribution in [2.45, 2.75) is 24.4 Å². The van der Waals surface area contributed by atoms with Crippen LogP contribution in [-0.4, -0.2) is 68.2 Å². The molecule has 0 bridgehead atoms. The molecule has 0 spiro atoms. The van der Waals surface area contributed by atoms with E-state index in [2.05, 4.69) is 22.8 Å². The number of carboxylic acid groups (broad SMARTS) is 1. The normalized spacial score (nSPS) is 20.6. The third-order valence-electron chi connectivity index (χ3n) is 6.37. The van der Waals surface area contributed by atoms with Gasteiger partial charge in [-0.3, -0.25) is 4.79 Å². The number of fused-ring (bicyclic) bond motifs is 3. The average Bonchev–Trinajstić information content (AvgIpc) is 3.40. The van der Waals surface area contributed by atoms with Crippen LogP contribution < -0.4 is 10.6 Å². The number of amides is 2. The van der Waals surface area contributed by atoms with E-state index in [0.717, 1.165) is 22.3 Å². The van der Waals surface area contributed by atoms with Crippen molar-refractivity contribution in [3.63, 3.8) is 0 Å². The molecule has 1 fully saturated rings. The van der Waals surface area contributed by atoms with Gasteiger partial charge in [-0.2, -0.15) is 0 Å². The van der Waals surface area contributed by atoms with Crippen LogP contribution in [0.25, 0.3) is 11.1 Å². The summed E-state index contributed by atoms with van der Waals surface area (Å²) in [5, 5.41) is 14.7. The molecule has 0 aromatic heterocycles. The van der Waals surface area contributed by atoms with Crippen LogP contribution in [0.3, 0.4) is 0 Å². The lowest BCUT2D eigenvalue weighted by Gasteiger charge is -2.28.